The van der Waals surface area contributed by atoms with Crippen molar-refractivity contribution < 1.29 is 4.74 Å². The Morgan fingerprint density at radius 3 is 3.20 bits per heavy atom. The van der Waals surface area contributed by atoms with Crippen molar-refractivity contribution in [3.05, 3.63) is 29.7 Å². The first kappa shape index (κ1) is 9.98. The molecule has 15 heavy (non-hydrogen) atoms. The van der Waals surface area contributed by atoms with Crippen LogP contribution in [0.4, 0.5) is 0 Å². The molecule has 2 aromatic rings. The number of allylic oxidation sites excluding steroid dienone is 1. The van der Waals surface area contributed by atoms with Crippen molar-refractivity contribution in [1.82, 2.24) is 15.0 Å². The fourth-order valence-corrected chi connectivity index (χ4v) is 1.39. The Bertz CT molecular complexity index is 492. The van der Waals surface area contributed by atoms with Crippen molar-refractivity contribution >= 4 is 22.6 Å². The minimum absolute atomic E-state index is 0.192. The SMILES string of the molecule is C/C=C/COc1nc(Cl)nc2cc[nH]c12. The number of nitrogens with zero attached hydrogens (tertiary/aromatic N) is 2. The van der Waals surface area contributed by atoms with Gasteiger partial charge in [-0.3, -0.25) is 0 Å². The Kier molecular flexibility index (Phi) is 2.87. The second-order valence-electron chi connectivity index (χ2n) is 2.92. The van der Waals surface area contributed by atoms with Crippen LogP contribution < -0.4 is 4.74 Å². The van der Waals surface area contributed by atoms with E-state index in [1.165, 1.54) is 0 Å². The molecule has 2 aromatic heterocycles. The van der Waals surface area contributed by atoms with Crippen molar-refractivity contribution in [1.29, 1.82) is 0 Å². The van der Waals surface area contributed by atoms with Gasteiger partial charge < -0.3 is 9.72 Å². The zero-order valence-corrected chi connectivity index (χ0v) is 8.95. The van der Waals surface area contributed by atoms with Crippen molar-refractivity contribution in [3.8, 4) is 5.88 Å². The number of H-pyrrole nitrogens is 1. The molecular formula is C10H10ClN3O. The fraction of sp³-hybridized carbons (Fsp3) is 0.200. The molecule has 0 bridgehead atoms. The Morgan fingerprint density at radius 2 is 2.40 bits per heavy atom. The third-order valence-corrected chi connectivity index (χ3v) is 2.07. The van der Waals surface area contributed by atoms with E-state index >= 15 is 0 Å². The van der Waals surface area contributed by atoms with Gasteiger partial charge in [-0.15, -0.1) is 0 Å². The van der Waals surface area contributed by atoms with Crippen LogP contribution in [0.3, 0.4) is 0 Å². The number of fused-ring (bicyclic) bond motifs is 1. The van der Waals surface area contributed by atoms with Crippen LogP contribution in [0.25, 0.3) is 11.0 Å². The minimum Gasteiger partial charge on any atom is -0.472 e. The van der Waals surface area contributed by atoms with Gasteiger partial charge in [-0.05, 0) is 24.6 Å². The molecule has 0 amide bonds. The molecule has 0 saturated carbocycles. The van der Waals surface area contributed by atoms with Gasteiger partial charge in [0.05, 0.1) is 5.52 Å². The summed E-state index contributed by atoms with van der Waals surface area (Å²) in [6.45, 7) is 2.40. The summed E-state index contributed by atoms with van der Waals surface area (Å²) in [7, 11) is 0. The van der Waals surface area contributed by atoms with Gasteiger partial charge in [0, 0.05) is 6.20 Å². The normalized spacial score (nSPS) is 11.3. The number of halogens is 1. The van der Waals surface area contributed by atoms with E-state index in [0.29, 0.717) is 12.5 Å². The van der Waals surface area contributed by atoms with Crippen LogP contribution in [0.2, 0.25) is 5.28 Å². The molecule has 0 fully saturated rings. The van der Waals surface area contributed by atoms with Crippen LogP contribution in [0.15, 0.2) is 24.4 Å². The number of ether oxygens (including phenoxy) is 1. The fourth-order valence-electron chi connectivity index (χ4n) is 1.22. The van der Waals surface area contributed by atoms with Gasteiger partial charge in [0.15, 0.2) is 0 Å². The topological polar surface area (TPSA) is 50.8 Å². The van der Waals surface area contributed by atoms with Gasteiger partial charge in [-0.2, -0.15) is 4.98 Å². The highest BCUT2D eigenvalue weighted by molar-refractivity contribution is 6.28. The summed E-state index contributed by atoms with van der Waals surface area (Å²) in [5, 5.41) is 0.192. The van der Waals surface area contributed by atoms with Gasteiger partial charge in [-0.1, -0.05) is 12.2 Å². The molecule has 0 aliphatic rings. The molecule has 0 radical (unpaired) electrons. The lowest BCUT2D eigenvalue weighted by Gasteiger charge is -2.03. The molecule has 1 N–H and O–H groups in total. The molecule has 78 valence electrons. The Labute approximate surface area is 91.9 Å². The summed E-state index contributed by atoms with van der Waals surface area (Å²) >= 11 is 5.76. The minimum atomic E-state index is 0.192. The molecule has 5 heteroatoms. The van der Waals surface area contributed by atoms with Gasteiger partial charge in [0.1, 0.15) is 12.1 Å². The number of nitrogens with one attached hydrogen (secondary N) is 1. The van der Waals surface area contributed by atoms with Crippen LogP contribution in [-0.2, 0) is 0 Å². The van der Waals surface area contributed by atoms with Gasteiger partial charge in [-0.25, -0.2) is 4.98 Å². The molecule has 0 aliphatic heterocycles. The number of aromatic nitrogens is 3. The monoisotopic (exact) mass is 223 g/mol. The zero-order valence-electron chi connectivity index (χ0n) is 8.20. The molecule has 0 unspecified atom stereocenters. The van der Waals surface area contributed by atoms with E-state index in [4.69, 9.17) is 16.3 Å². The largest absolute Gasteiger partial charge is 0.472 e. The van der Waals surface area contributed by atoms with E-state index in [2.05, 4.69) is 15.0 Å². The van der Waals surface area contributed by atoms with Gasteiger partial charge >= 0.3 is 0 Å². The highest BCUT2D eigenvalue weighted by Gasteiger charge is 2.07. The predicted molar refractivity (Wildman–Crippen MR) is 59.2 cm³/mol. The number of hydrogen-bond donors (Lipinski definition) is 1. The van der Waals surface area contributed by atoms with Crippen LogP contribution in [0.5, 0.6) is 5.88 Å². The third-order valence-electron chi connectivity index (χ3n) is 1.90. The highest BCUT2D eigenvalue weighted by Crippen LogP contribution is 2.22. The van der Waals surface area contributed by atoms with E-state index in [1.54, 1.807) is 6.20 Å². The molecule has 4 nitrogen and oxygen atoms in total. The maximum Gasteiger partial charge on any atom is 0.243 e. The maximum atomic E-state index is 5.76. The Morgan fingerprint density at radius 1 is 1.53 bits per heavy atom. The lowest BCUT2D eigenvalue weighted by atomic mass is 10.4. The van der Waals surface area contributed by atoms with Crippen molar-refractivity contribution in [2.24, 2.45) is 0 Å². The van der Waals surface area contributed by atoms with Crippen LogP contribution in [0.1, 0.15) is 6.92 Å². The summed E-state index contributed by atoms with van der Waals surface area (Å²) in [6.07, 6.45) is 5.58. The van der Waals surface area contributed by atoms with Crippen LogP contribution >= 0.6 is 11.6 Å². The number of aromatic amines is 1. The first-order valence-electron chi connectivity index (χ1n) is 4.56. The molecule has 0 aromatic carbocycles. The average Bonchev–Trinajstić information content (AvgIpc) is 2.65. The quantitative estimate of drug-likeness (QED) is 0.643. The van der Waals surface area contributed by atoms with Crippen LogP contribution in [-0.4, -0.2) is 21.6 Å². The zero-order chi connectivity index (χ0) is 10.7. The summed E-state index contributed by atoms with van der Waals surface area (Å²) < 4.78 is 5.45. The Balaban J connectivity index is 2.35. The van der Waals surface area contributed by atoms with Crippen molar-refractivity contribution in [2.45, 2.75) is 6.92 Å². The molecular weight excluding hydrogens is 214 g/mol. The Hall–Kier alpha value is -1.55. The second kappa shape index (κ2) is 4.31. The van der Waals surface area contributed by atoms with E-state index in [0.717, 1.165) is 11.0 Å². The lowest BCUT2D eigenvalue weighted by Crippen LogP contribution is -1.98. The van der Waals surface area contributed by atoms with Gasteiger partial charge in [0.2, 0.25) is 11.2 Å². The summed E-state index contributed by atoms with van der Waals surface area (Å²) in [5.41, 5.74) is 1.52. The molecule has 0 atom stereocenters. The third kappa shape index (κ3) is 2.10. The summed E-state index contributed by atoms with van der Waals surface area (Å²) in [6, 6.07) is 1.82. The van der Waals surface area contributed by atoms with E-state index in [-0.39, 0.29) is 5.28 Å². The molecule has 0 spiro atoms. The molecule has 0 saturated heterocycles. The molecule has 2 heterocycles. The average molecular weight is 224 g/mol. The van der Waals surface area contributed by atoms with E-state index in [1.807, 2.05) is 25.1 Å². The smallest absolute Gasteiger partial charge is 0.243 e. The number of hydrogen-bond acceptors (Lipinski definition) is 3. The van der Waals surface area contributed by atoms with Crippen molar-refractivity contribution in [3.63, 3.8) is 0 Å². The highest BCUT2D eigenvalue weighted by atomic mass is 35.5. The summed E-state index contributed by atoms with van der Waals surface area (Å²) in [5.74, 6) is 0.480. The first-order valence-corrected chi connectivity index (χ1v) is 4.93. The predicted octanol–water partition coefficient (Wildman–Crippen LogP) is 2.57. The van der Waals surface area contributed by atoms with E-state index < -0.39 is 0 Å². The lowest BCUT2D eigenvalue weighted by molar-refractivity contribution is 0.352. The molecule has 0 aliphatic carbocycles. The van der Waals surface area contributed by atoms with Gasteiger partial charge in [0.25, 0.3) is 0 Å². The van der Waals surface area contributed by atoms with Crippen LogP contribution in [0, 0.1) is 0 Å². The number of rotatable bonds is 3. The molecule has 2 rings (SSSR count). The van der Waals surface area contributed by atoms with E-state index in [9.17, 15) is 0 Å². The maximum absolute atomic E-state index is 5.76. The summed E-state index contributed by atoms with van der Waals surface area (Å²) in [4.78, 5) is 11.1. The standard InChI is InChI=1S/C10H10ClN3O/c1-2-3-6-15-9-8-7(4-5-12-8)13-10(11)14-9/h2-5,12H,6H2,1H3/b3-2+. The first-order chi connectivity index (χ1) is 7.31. The van der Waals surface area contributed by atoms with Crippen molar-refractivity contribution in [2.75, 3.05) is 6.61 Å². The second-order valence-corrected chi connectivity index (χ2v) is 3.25.